The molecule has 0 aliphatic rings. The third kappa shape index (κ3) is 6.71. The molecule has 0 bridgehead atoms. The Bertz CT molecular complexity index is 463. The Morgan fingerprint density at radius 3 is 2.43 bits per heavy atom. The van der Waals surface area contributed by atoms with Crippen LogP contribution in [0.1, 0.15) is 18.4 Å². The molecule has 0 aliphatic carbocycles. The van der Waals surface area contributed by atoms with Crippen molar-refractivity contribution in [2.45, 2.75) is 25.4 Å². The van der Waals surface area contributed by atoms with Crippen LogP contribution in [-0.2, 0) is 16.1 Å². The van der Waals surface area contributed by atoms with Crippen molar-refractivity contribution < 1.29 is 28.9 Å². The molecule has 0 saturated carbocycles. The standard InChI is InChI=1S/C14H18FNO5/c15-7-8-21-11-3-1-10(2-4-11)9-16-12(14(19)20)5-6-13(17)18/h1-4,12,16H,5-9H2,(H,17,18)(H,19,20)/t12-/m0/s1. The minimum Gasteiger partial charge on any atom is -0.491 e. The molecule has 0 spiro atoms. The monoisotopic (exact) mass is 299 g/mol. The summed E-state index contributed by atoms with van der Waals surface area (Å²) in [5, 5.41) is 20.4. The van der Waals surface area contributed by atoms with E-state index in [1.165, 1.54) is 0 Å². The lowest BCUT2D eigenvalue weighted by Gasteiger charge is -2.13. The van der Waals surface area contributed by atoms with Crippen molar-refractivity contribution in [1.82, 2.24) is 5.32 Å². The molecule has 0 aliphatic heterocycles. The Morgan fingerprint density at radius 1 is 1.24 bits per heavy atom. The molecule has 1 rings (SSSR count). The van der Waals surface area contributed by atoms with Crippen LogP contribution in [0.2, 0.25) is 0 Å². The normalized spacial score (nSPS) is 11.9. The van der Waals surface area contributed by atoms with Gasteiger partial charge in [-0.2, -0.15) is 0 Å². The van der Waals surface area contributed by atoms with Gasteiger partial charge in [0.15, 0.2) is 0 Å². The van der Waals surface area contributed by atoms with Crippen LogP contribution < -0.4 is 10.1 Å². The van der Waals surface area contributed by atoms with Crippen molar-refractivity contribution >= 4 is 11.9 Å². The van der Waals surface area contributed by atoms with E-state index in [9.17, 15) is 14.0 Å². The highest BCUT2D eigenvalue weighted by Crippen LogP contribution is 2.12. The zero-order valence-corrected chi connectivity index (χ0v) is 11.4. The van der Waals surface area contributed by atoms with Gasteiger partial charge in [0.25, 0.3) is 0 Å². The molecule has 0 radical (unpaired) electrons. The van der Waals surface area contributed by atoms with Crippen molar-refractivity contribution in [1.29, 1.82) is 0 Å². The third-order valence-electron chi connectivity index (χ3n) is 2.77. The zero-order valence-electron chi connectivity index (χ0n) is 11.4. The van der Waals surface area contributed by atoms with Gasteiger partial charge in [0.05, 0.1) is 0 Å². The van der Waals surface area contributed by atoms with Crippen molar-refractivity contribution in [2.24, 2.45) is 0 Å². The van der Waals surface area contributed by atoms with Gasteiger partial charge in [0.2, 0.25) is 0 Å². The summed E-state index contributed by atoms with van der Waals surface area (Å²) in [6.45, 7) is -0.277. The third-order valence-corrected chi connectivity index (χ3v) is 2.77. The predicted molar refractivity (Wildman–Crippen MR) is 73.0 cm³/mol. The number of carbonyl (C=O) groups is 2. The van der Waals surface area contributed by atoms with Crippen LogP contribution in [0.5, 0.6) is 5.75 Å². The molecule has 0 unspecified atom stereocenters. The van der Waals surface area contributed by atoms with Gasteiger partial charge in [-0.05, 0) is 24.1 Å². The Morgan fingerprint density at radius 2 is 1.90 bits per heavy atom. The van der Waals surface area contributed by atoms with E-state index in [0.29, 0.717) is 12.3 Å². The van der Waals surface area contributed by atoms with E-state index in [-0.39, 0.29) is 19.4 Å². The van der Waals surface area contributed by atoms with E-state index < -0.39 is 24.7 Å². The van der Waals surface area contributed by atoms with E-state index in [1.54, 1.807) is 24.3 Å². The topological polar surface area (TPSA) is 95.9 Å². The molecule has 1 aromatic rings. The summed E-state index contributed by atoms with van der Waals surface area (Å²) >= 11 is 0. The van der Waals surface area contributed by atoms with Gasteiger partial charge in [0, 0.05) is 13.0 Å². The molecule has 7 heteroatoms. The van der Waals surface area contributed by atoms with Gasteiger partial charge in [-0.3, -0.25) is 9.59 Å². The lowest BCUT2D eigenvalue weighted by atomic mass is 10.1. The van der Waals surface area contributed by atoms with E-state index in [0.717, 1.165) is 5.56 Å². The molecule has 0 aromatic heterocycles. The molecule has 0 fully saturated rings. The number of benzene rings is 1. The van der Waals surface area contributed by atoms with Gasteiger partial charge >= 0.3 is 11.9 Å². The largest absolute Gasteiger partial charge is 0.491 e. The SMILES string of the molecule is O=C(O)CC[C@H](NCc1ccc(OCCF)cc1)C(=O)O. The fourth-order valence-electron chi connectivity index (χ4n) is 1.68. The highest BCUT2D eigenvalue weighted by molar-refractivity contribution is 5.75. The van der Waals surface area contributed by atoms with Crippen LogP contribution in [0.4, 0.5) is 4.39 Å². The molecule has 3 N–H and O–H groups in total. The number of halogens is 1. The number of alkyl halides is 1. The smallest absolute Gasteiger partial charge is 0.320 e. The summed E-state index contributed by atoms with van der Waals surface area (Å²) in [5.41, 5.74) is 0.823. The van der Waals surface area contributed by atoms with Crippen LogP contribution in [0.25, 0.3) is 0 Å². The first kappa shape index (κ1) is 16.9. The molecular formula is C14H18FNO5. The maximum absolute atomic E-state index is 11.9. The molecule has 1 aromatic carbocycles. The fourth-order valence-corrected chi connectivity index (χ4v) is 1.68. The Hall–Kier alpha value is -2.15. The van der Waals surface area contributed by atoms with Crippen molar-refractivity contribution in [2.75, 3.05) is 13.3 Å². The number of nitrogens with one attached hydrogen (secondary N) is 1. The second kappa shape index (κ2) is 8.91. The molecule has 0 heterocycles. The molecule has 116 valence electrons. The first-order valence-electron chi connectivity index (χ1n) is 6.48. The summed E-state index contributed by atoms with van der Waals surface area (Å²) in [6.07, 6.45) is -0.192. The zero-order chi connectivity index (χ0) is 15.7. The number of carboxylic acid groups (broad SMARTS) is 2. The maximum Gasteiger partial charge on any atom is 0.320 e. The van der Waals surface area contributed by atoms with E-state index in [1.807, 2.05) is 0 Å². The highest BCUT2D eigenvalue weighted by atomic mass is 19.1. The van der Waals surface area contributed by atoms with Crippen LogP contribution in [0, 0.1) is 0 Å². The fraction of sp³-hybridized carbons (Fsp3) is 0.429. The molecule has 1 atom stereocenters. The van der Waals surface area contributed by atoms with Gasteiger partial charge in [-0.15, -0.1) is 0 Å². The number of rotatable bonds is 10. The minimum atomic E-state index is -1.08. The van der Waals surface area contributed by atoms with Gasteiger partial charge in [-0.1, -0.05) is 12.1 Å². The molecule has 6 nitrogen and oxygen atoms in total. The maximum atomic E-state index is 11.9. The van der Waals surface area contributed by atoms with Crippen molar-refractivity contribution in [3.8, 4) is 5.75 Å². The second-order valence-corrected chi connectivity index (χ2v) is 4.39. The van der Waals surface area contributed by atoms with Gasteiger partial charge in [-0.25, -0.2) is 4.39 Å². The first-order chi connectivity index (χ1) is 10.0. The number of hydrogen-bond acceptors (Lipinski definition) is 4. The number of hydrogen-bond donors (Lipinski definition) is 3. The average Bonchev–Trinajstić information content (AvgIpc) is 2.45. The van der Waals surface area contributed by atoms with Crippen LogP contribution in [-0.4, -0.2) is 41.5 Å². The van der Waals surface area contributed by atoms with Gasteiger partial charge < -0.3 is 20.3 Å². The van der Waals surface area contributed by atoms with E-state index in [2.05, 4.69) is 5.32 Å². The molecule has 0 saturated heterocycles. The van der Waals surface area contributed by atoms with E-state index >= 15 is 0 Å². The summed E-state index contributed by atoms with van der Waals surface area (Å²) in [7, 11) is 0. The Balaban J connectivity index is 2.47. The van der Waals surface area contributed by atoms with Crippen LogP contribution in [0.3, 0.4) is 0 Å². The lowest BCUT2D eigenvalue weighted by molar-refractivity contribution is -0.140. The summed E-state index contributed by atoms with van der Waals surface area (Å²) in [5.74, 6) is -1.58. The van der Waals surface area contributed by atoms with E-state index in [4.69, 9.17) is 14.9 Å². The molecular weight excluding hydrogens is 281 g/mol. The van der Waals surface area contributed by atoms with Crippen molar-refractivity contribution in [3.05, 3.63) is 29.8 Å². The van der Waals surface area contributed by atoms with Crippen molar-refractivity contribution in [3.63, 3.8) is 0 Å². The first-order valence-corrected chi connectivity index (χ1v) is 6.48. The predicted octanol–water partition coefficient (Wildman–Crippen LogP) is 1.44. The average molecular weight is 299 g/mol. The van der Waals surface area contributed by atoms with Crippen LogP contribution in [0.15, 0.2) is 24.3 Å². The number of ether oxygens (including phenoxy) is 1. The summed E-state index contributed by atoms with van der Waals surface area (Å²) in [6, 6.07) is 5.88. The lowest BCUT2D eigenvalue weighted by Crippen LogP contribution is -2.36. The number of aliphatic carboxylic acids is 2. The number of carboxylic acids is 2. The Kier molecular flexibility index (Phi) is 7.17. The summed E-state index contributed by atoms with van der Waals surface area (Å²) < 4.78 is 17.0. The molecule has 0 amide bonds. The van der Waals surface area contributed by atoms with Gasteiger partial charge in [0.1, 0.15) is 25.1 Å². The Labute approximate surface area is 121 Å². The second-order valence-electron chi connectivity index (χ2n) is 4.39. The molecule has 21 heavy (non-hydrogen) atoms. The van der Waals surface area contributed by atoms with Crippen LogP contribution >= 0.6 is 0 Å². The summed E-state index contributed by atoms with van der Waals surface area (Å²) in [4.78, 5) is 21.5. The quantitative estimate of drug-likeness (QED) is 0.605. The minimum absolute atomic E-state index is 0.00608. The highest BCUT2D eigenvalue weighted by Gasteiger charge is 2.17.